The number of aryl methyl sites for hydroxylation is 1. The van der Waals surface area contributed by atoms with Gasteiger partial charge in [-0.2, -0.15) is 5.10 Å². The van der Waals surface area contributed by atoms with E-state index in [2.05, 4.69) is 10.3 Å². The SMILES string of the molecule is Cc1cc(-c2cc(=O)n(CC(=O)N3CCc4ccccc43)nc2-c2ccco2)on1. The highest BCUT2D eigenvalue weighted by molar-refractivity contribution is 5.95. The third-order valence-electron chi connectivity index (χ3n) is 5.12. The quantitative estimate of drug-likeness (QED) is 0.521. The number of furan rings is 1. The van der Waals surface area contributed by atoms with E-state index in [-0.39, 0.29) is 12.5 Å². The van der Waals surface area contributed by atoms with Crippen LogP contribution < -0.4 is 10.5 Å². The molecule has 0 spiro atoms. The number of carbonyl (C=O) groups excluding carboxylic acids is 1. The predicted octanol–water partition coefficient (Wildman–Crippen LogP) is 3.06. The standard InChI is InChI=1S/C22H18N4O4/c1-14-11-19(30-24-14)16-12-20(27)26(23-22(16)18-7-4-10-29-18)13-21(28)25-9-8-15-5-2-3-6-17(15)25/h2-7,10-12H,8-9,13H2,1H3. The molecule has 0 fully saturated rings. The number of anilines is 1. The first-order chi connectivity index (χ1) is 14.6. The Morgan fingerprint density at radius 3 is 2.77 bits per heavy atom. The second kappa shape index (κ2) is 7.14. The Hall–Kier alpha value is -3.94. The van der Waals surface area contributed by atoms with Crippen LogP contribution in [-0.4, -0.2) is 27.4 Å². The van der Waals surface area contributed by atoms with E-state index in [0.717, 1.165) is 22.4 Å². The molecule has 0 radical (unpaired) electrons. The van der Waals surface area contributed by atoms with Crippen molar-refractivity contribution in [3.8, 4) is 22.8 Å². The van der Waals surface area contributed by atoms with Gasteiger partial charge in [-0.25, -0.2) is 4.68 Å². The molecule has 0 unspecified atom stereocenters. The van der Waals surface area contributed by atoms with Gasteiger partial charge < -0.3 is 13.8 Å². The lowest BCUT2D eigenvalue weighted by atomic mass is 10.1. The maximum Gasteiger partial charge on any atom is 0.268 e. The lowest BCUT2D eigenvalue weighted by Crippen LogP contribution is -2.36. The van der Waals surface area contributed by atoms with Crippen LogP contribution in [0.25, 0.3) is 22.8 Å². The van der Waals surface area contributed by atoms with E-state index >= 15 is 0 Å². The molecule has 1 aliphatic rings. The number of rotatable bonds is 4. The molecule has 1 amide bonds. The van der Waals surface area contributed by atoms with Gasteiger partial charge in [0.25, 0.3) is 5.56 Å². The molecule has 4 aromatic rings. The van der Waals surface area contributed by atoms with E-state index < -0.39 is 5.56 Å². The van der Waals surface area contributed by atoms with E-state index in [4.69, 9.17) is 8.94 Å². The van der Waals surface area contributed by atoms with Crippen LogP contribution in [0.3, 0.4) is 0 Å². The number of hydrogen-bond donors (Lipinski definition) is 0. The molecule has 150 valence electrons. The van der Waals surface area contributed by atoms with Crippen LogP contribution in [0.5, 0.6) is 0 Å². The van der Waals surface area contributed by atoms with Crippen LogP contribution in [0.2, 0.25) is 0 Å². The van der Waals surface area contributed by atoms with E-state index in [1.807, 2.05) is 24.3 Å². The van der Waals surface area contributed by atoms with Crippen LogP contribution in [-0.2, 0) is 17.8 Å². The molecular formula is C22H18N4O4. The molecule has 0 bridgehead atoms. The summed E-state index contributed by atoms with van der Waals surface area (Å²) in [5.74, 6) is 0.686. The fourth-order valence-electron chi connectivity index (χ4n) is 3.69. The van der Waals surface area contributed by atoms with E-state index in [0.29, 0.717) is 35.0 Å². The number of carbonyl (C=O) groups is 1. The molecule has 4 heterocycles. The fourth-order valence-corrected chi connectivity index (χ4v) is 3.69. The molecule has 3 aromatic heterocycles. The van der Waals surface area contributed by atoms with Crippen LogP contribution >= 0.6 is 0 Å². The topological polar surface area (TPSA) is 94.4 Å². The minimum Gasteiger partial charge on any atom is -0.463 e. The van der Waals surface area contributed by atoms with Crippen LogP contribution in [0, 0.1) is 6.92 Å². The molecule has 1 aromatic carbocycles. The average molecular weight is 402 g/mol. The third-order valence-corrected chi connectivity index (χ3v) is 5.12. The molecule has 5 rings (SSSR count). The first kappa shape index (κ1) is 18.1. The van der Waals surface area contributed by atoms with Crippen LogP contribution in [0.1, 0.15) is 11.3 Å². The lowest BCUT2D eigenvalue weighted by Gasteiger charge is -2.18. The van der Waals surface area contributed by atoms with E-state index in [9.17, 15) is 9.59 Å². The molecular weight excluding hydrogens is 384 g/mol. The van der Waals surface area contributed by atoms with Crippen molar-refractivity contribution >= 4 is 11.6 Å². The van der Waals surface area contributed by atoms with Crippen molar-refractivity contribution in [1.29, 1.82) is 0 Å². The van der Waals surface area contributed by atoms with Gasteiger partial charge in [-0.15, -0.1) is 0 Å². The largest absolute Gasteiger partial charge is 0.463 e. The molecule has 0 N–H and O–H groups in total. The monoisotopic (exact) mass is 402 g/mol. The number of nitrogens with zero attached hydrogens (tertiary/aromatic N) is 4. The van der Waals surface area contributed by atoms with Crippen molar-refractivity contribution in [2.75, 3.05) is 11.4 Å². The molecule has 1 aliphatic heterocycles. The number of amides is 1. The Bertz CT molecular complexity index is 1290. The number of aromatic nitrogens is 3. The van der Waals surface area contributed by atoms with Gasteiger partial charge in [-0.1, -0.05) is 23.4 Å². The smallest absolute Gasteiger partial charge is 0.268 e. The second-order valence-corrected chi connectivity index (χ2v) is 7.14. The van der Waals surface area contributed by atoms with Crippen molar-refractivity contribution in [3.63, 3.8) is 0 Å². The molecule has 30 heavy (non-hydrogen) atoms. The average Bonchev–Trinajstić information content (AvgIpc) is 3.49. The van der Waals surface area contributed by atoms with Crippen LogP contribution in [0.4, 0.5) is 5.69 Å². The first-order valence-corrected chi connectivity index (χ1v) is 9.58. The minimum atomic E-state index is -0.407. The number of para-hydroxylation sites is 1. The van der Waals surface area contributed by atoms with Crippen molar-refractivity contribution in [2.45, 2.75) is 19.9 Å². The highest BCUT2D eigenvalue weighted by Gasteiger charge is 2.26. The fraction of sp³-hybridized carbons (Fsp3) is 0.182. The highest BCUT2D eigenvalue weighted by Crippen LogP contribution is 2.30. The molecule has 0 atom stereocenters. The molecule has 0 saturated carbocycles. The van der Waals surface area contributed by atoms with Gasteiger partial charge in [0.2, 0.25) is 5.91 Å². The summed E-state index contributed by atoms with van der Waals surface area (Å²) in [7, 11) is 0. The highest BCUT2D eigenvalue weighted by atomic mass is 16.5. The summed E-state index contributed by atoms with van der Waals surface area (Å²) in [6, 6.07) is 14.4. The Balaban J connectivity index is 1.53. The maximum atomic E-state index is 13.0. The first-order valence-electron chi connectivity index (χ1n) is 9.58. The van der Waals surface area contributed by atoms with E-state index in [1.165, 1.54) is 12.3 Å². The second-order valence-electron chi connectivity index (χ2n) is 7.14. The normalized spacial score (nSPS) is 12.9. The zero-order valence-electron chi connectivity index (χ0n) is 16.2. The summed E-state index contributed by atoms with van der Waals surface area (Å²) in [5, 5.41) is 8.33. The zero-order chi connectivity index (χ0) is 20.7. The lowest BCUT2D eigenvalue weighted by molar-refractivity contribution is -0.119. The zero-order valence-corrected chi connectivity index (χ0v) is 16.2. The summed E-state index contributed by atoms with van der Waals surface area (Å²) in [5.41, 5.74) is 3.16. The summed E-state index contributed by atoms with van der Waals surface area (Å²) in [4.78, 5) is 27.4. The van der Waals surface area contributed by atoms with Gasteiger partial charge in [-0.05, 0) is 37.1 Å². The summed E-state index contributed by atoms with van der Waals surface area (Å²) >= 11 is 0. The Morgan fingerprint density at radius 2 is 2.00 bits per heavy atom. The maximum absolute atomic E-state index is 13.0. The Morgan fingerprint density at radius 1 is 1.13 bits per heavy atom. The van der Waals surface area contributed by atoms with Crippen molar-refractivity contribution in [1.82, 2.24) is 14.9 Å². The third kappa shape index (κ3) is 3.12. The molecule has 8 nitrogen and oxygen atoms in total. The number of hydrogen-bond acceptors (Lipinski definition) is 6. The van der Waals surface area contributed by atoms with Gasteiger partial charge in [0.15, 0.2) is 11.5 Å². The predicted molar refractivity (Wildman–Crippen MR) is 109 cm³/mol. The Kier molecular flexibility index (Phi) is 4.31. The number of fused-ring (bicyclic) bond motifs is 1. The van der Waals surface area contributed by atoms with Crippen molar-refractivity contribution in [3.05, 3.63) is 76.4 Å². The van der Waals surface area contributed by atoms with Gasteiger partial charge in [0.1, 0.15) is 12.2 Å². The Labute approximate surface area is 171 Å². The van der Waals surface area contributed by atoms with E-state index in [1.54, 1.807) is 30.0 Å². The van der Waals surface area contributed by atoms with Crippen LogP contribution in [0.15, 0.2) is 68.5 Å². The molecule has 8 heteroatoms. The summed E-state index contributed by atoms with van der Waals surface area (Å²) < 4.78 is 12.0. The summed E-state index contributed by atoms with van der Waals surface area (Å²) in [6.45, 7) is 2.21. The summed E-state index contributed by atoms with van der Waals surface area (Å²) in [6.07, 6.45) is 2.32. The van der Waals surface area contributed by atoms with Crippen molar-refractivity contribution in [2.24, 2.45) is 0 Å². The van der Waals surface area contributed by atoms with Gasteiger partial charge >= 0.3 is 0 Å². The van der Waals surface area contributed by atoms with Gasteiger partial charge in [0.05, 0.1) is 17.5 Å². The number of benzene rings is 1. The van der Waals surface area contributed by atoms with Gasteiger partial charge in [0, 0.05) is 24.4 Å². The van der Waals surface area contributed by atoms with Gasteiger partial charge in [-0.3, -0.25) is 9.59 Å². The molecule has 0 aliphatic carbocycles. The van der Waals surface area contributed by atoms with Crippen molar-refractivity contribution < 1.29 is 13.7 Å². The molecule has 0 saturated heterocycles. The minimum absolute atomic E-state index is 0.170.